The van der Waals surface area contributed by atoms with Crippen LogP contribution in [-0.2, 0) is 16.6 Å². The maximum absolute atomic E-state index is 13.1. The first-order valence-corrected chi connectivity index (χ1v) is 14.8. The molecule has 0 saturated carbocycles. The van der Waals surface area contributed by atoms with E-state index in [1.54, 1.807) is 16.5 Å². The topological polar surface area (TPSA) is 120 Å². The van der Waals surface area contributed by atoms with Gasteiger partial charge in [0.15, 0.2) is 0 Å². The summed E-state index contributed by atoms with van der Waals surface area (Å²) in [6.07, 6.45) is 6.73. The Morgan fingerprint density at radius 2 is 1.62 bits per heavy atom. The highest BCUT2D eigenvalue weighted by atomic mass is 16.4. The molecule has 6 rings (SSSR count). The molecule has 216 valence electrons. The van der Waals surface area contributed by atoms with Crippen LogP contribution in [0.4, 0.5) is 10.5 Å². The molecule has 1 aromatic carbocycles. The lowest BCUT2D eigenvalue weighted by Gasteiger charge is -2.39. The maximum Gasteiger partial charge on any atom is 0.407 e. The van der Waals surface area contributed by atoms with E-state index in [1.165, 1.54) is 23.8 Å². The summed E-state index contributed by atoms with van der Waals surface area (Å²) >= 11 is 0. The predicted octanol–water partition coefficient (Wildman–Crippen LogP) is 2.39. The standard InChI is InChI=1S/C29H40N6O5/c1-31-25-17-21(2-3-23(25)35(28(31)38)24-4-5-26(36)30-27(24)37)32-11-6-19(7-12-32)16-20-8-13-33(14-9-20)22-10-15-34(18-22)29(39)40/h2-3,17,19-20,22,24H,4-16,18H2,1H3,(H,39,40)(H,30,36,37)/t22-,24?/m1/s1. The van der Waals surface area contributed by atoms with Gasteiger partial charge in [0.2, 0.25) is 11.8 Å². The Morgan fingerprint density at radius 1 is 0.925 bits per heavy atom. The summed E-state index contributed by atoms with van der Waals surface area (Å²) in [6, 6.07) is 5.77. The largest absolute Gasteiger partial charge is 0.465 e. The first-order chi connectivity index (χ1) is 19.3. The minimum atomic E-state index is -0.793. The Hall–Kier alpha value is -3.34. The lowest BCUT2D eigenvalue weighted by Crippen LogP contribution is -2.44. The van der Waals surface area contributed by atoms with Crippen LogP contribution >= 0.6 is 0 Å². The van der Waals surface area contributed by atoms with Gasteiger partial charge in [0, 0.05) is 51.4 Å². The number of likely N-dealkylation sites (tertiary alicyclic amines) is 2. The molecule has 1 aromatic heterocycles. The number of carbonyl (C=O) groups is 3. The predicted molar refractivity (Wildman–Crippen MR) is 150 cm³/mol. The van der Waals surface area contributed by atoms with Gasteiger partial charge >= 0.3 is 11.8 Å². The molecule has 2 atom stereocenters. The Labute approximate surface area is 233 Å². The molecular weight excluding hydrogens is 512 g/mol. The molecule has 11 nitrogen and oxygen atoms in total. The van der Waals surface area contributed by atoms with Crippen molar-refractivity contribution in [3.05, 3.63) is 28.7 Å². The molecule has 2 aromatic rings. The van der Waals surface area contributed by atoms with E-state index >= 15 is 0 Å². The van der Waals surface area contributed by atoms with Crippen molar-refractivity contribution in [2.45, 2.75) is 63.5 Å². The Balaban J connectivity index is 1.03. The van der Waals surface area contributed by atoms with Crippen molar-refractivity contribution in [2.75, 3.05) is 44.2 Å². The number of carboxylic acid groups (broad SMARTS) is 1. The van der Waals surface area contributed by atoms with Gasteiger partial charge in [-0.2, -0.15) is 0 Å². The third-order valence-electron chi connectivity index (χ3n) is 9.84. The molecule has 5 heterocycles. The number of aryl methyl sites for hydroxylation is 1. The number of aromatic nitrogens is 2. The summed E-state index contributed by atoms with van der Waals surface area (Å²) in [5, 5.41) is 11.6. The van der Waals surface area contributed by atoms with Crippen LogP contribution in [0.15, 0.2) is 23.0 Å². The van der Waals surface area contributed by atoms with Gasteiger partial charge in [-0.25, -0.2) is 9.59 Å². The number of imide groups is 1. The Kier molecular flexibility index (Phi) is 7.33. The van der Waals surface area contributed by atoms with E-state index in [-0.39, 0.29) is 18.0 Å². The fraction of sp³-hybridized carbons (Fsp3) is 0.655. The van der Waals surface area contributed by atoms with E-state index in [1.807, 2.05) is 6.07 Å². The summed E-state index contributed by atoms with van der Waals surface area (Å²) in [7, 11) is 1.74. The lowest BCUT2D eigenvalue weighted by molar-refractivity contribution is -0.135. The van der Waals surface area contributed by atoms with Crippen LogP contribution in [0.25, 0.3) is 11.0 Å². The zero-order valence-corrected chi connectivity index (χ0v) is 23.3. The van der Waals surface area contributed by atoms with Gasteiger partial charge in [-0.05, 0) is 88.1 Å². The second kappa shape index (κ2) is 10.9. The average molecular weight is 553 g/mol. The maximum atomic E-state index is 13.1. The van der Waals surface area contributed by atoms with Crippen LogP contribution in [0, 0.1) is 11.8 Å². The number of fused-ring (bicyclic) bond motifs is 1. The van der Waals surface area contributed by atoms with Crippen LogP contribution < -0.4 is 15.9 Å². The molecule has 4 aliphatic heterocycles. The van der Waals surface area contributed by atoms with Crippen LogP contribution in [0.3, 0.4) is 0 Å². The van der Waals surface area contributed by atoms with E-state index in [0.29, 0.717) is 25.6 Å². The van der Waals surface area contributed by atoms with Crippen LogP contribution in [0.2, 0.25) is 0 Å². The van der Waals surface area contributed by atoms with Gasteiger partial charge < -0.3 is 14.9 Å². The summed E-state index contributed by atoms with van der Waals surface area (Å²) in [5.74, 6) is 0.779. The van der Waals surface area contributed by atoms with E-state index in [0.717, 1.165) is 74.0 Å². The molecule has 2 N–H and O–H groups in total. The summed E-state index contributed by atoms with van der Waals surface area (Å²) < 4.78 is 3.14. The molecule has 0 bridgehead atoms. The lowest BCUT2D eigenvalue weighted by atomic mass is 9.82. The number of nitrogens with zero attached hydrogens (tertiary/aromatic N) is 5. The minimum Gasteiger partial charge on any atom is -0.465 e. The van der Waals surface area contributed by atoms with Gasteiger partial charge in [-0.15, -0.1) is 0 Å². The zero-order valence-electron chi connectivity index (χ0n) is 23.3. The Morgan fingerprint density at radius 3 is 2.27 bits per heavy atom. The number of hydrogen-bond acceptors (Lipinski definition) is 6. The van der Waals surface area contributed by atoms with Gasteiger partial charge in [-0.3, -0.25) is 28.9 Å². The minimum absolute atomic E-state index is 0.234. The molecular formula is C29H40N6O5. The fourth-order valence-corrected chi connectivity index (χ4v) is 7.44. The van der Waals surface area contributed by atoms with Crippen molar-refractivity contribution >= 4 is 34.6 Å². The number of carbonyl (C=O) groups excluding carboxylic acids is 2. The number of hydrogen-bond donors (Lipinski definition) is 2. The summed E-state index contributed by atoms with van der Waals surface area (Å²) in [6.45, 7) is 5.46. The third-order valence-corrected chi connectivity index (χ3v) is 9.84. The van der Waals surface area contributed by atoms with Crippen molar-refractivity contribution in [3.8, 4) is 0 Å². The van der Waals surface area contributed by atoms with Crippen LogP contribution in [-0.4, -0.2) is 87.3 Å². The second-order valence-corrected chi connectivity index (χ2v) is 12.2. The smallest absolute Gasteiger partial charge is 0.407 e. The van der Waals surface area contributed by atoms with Crippen LogP contribution in [0.5, 0.6) is 0 Å². The molecule has 3 amide bonds. The van der Waals surface area contributed by atoms with Crippen molar-refractivity contribution in [1.29, 1.82) is 0 Å². The molecule has 0 aliphatic carbocycles. The van der Waals surface area contributed by atoms with Gasteiger partial charge in [-0.1, -0.05) is 0 Å². The molecule has 11 heteroatoms. The second-order valence-electron chi connectivity index (χ2n) is 12.2. The van der Waals surface area contributed by atoms with Crippen molar-refractivity contribution in [1.82, 2.24) is 24.3 Å². The van der Waals surface area contributed by atoms with Crippen molar-refractivity contribution in [3.63, 3.8) is 0 Å². The van der Waals surface area contributed by atoms with Crippen molar-refractivity contribution in [2.24, 2.45) is 18.9 Å². The SMILES string of the molecule is Cn1c(=O)n(C2CCC(=O)NC2=O)c2ccc(N3CCC(CC4CCN([C@@H]5CCN(C(=O)O)C5)CC4)CC3)cc21. The number of benzene rings is 1. The Bertz CT molecular complexity index is 1350. The van der Waals surface area contributed by atoms with Gasteiger partial charge in [0.25, 0.3) is 0 Å². The third kappa shape index (κ3) is 5.11. The van der Waals surface area contributed by atoms with Gasteiger partial charge in [0.1, 0.15) is 6.04 Å². The number of imidazole rings is 1. The van der Waals surface area contributed by atoms with Crippen molar-refractivity contribution < 1.29 is 19.5 Å². The molecule has 4 saturated heterocycles. The fourth-order valence-electron chi connectivity index (χ4n) is 7.44. The average Bonchev–Trinajstić information content (AvgIpc) is 3.54. The zero-order chi connectivity index (χ0) is 28.0. The highest BCUT2D eigenvalue weighted by Crippen LogP contribution is 2.34. The number of anilines is 1. The molecule has 4 fully saturated rings. The quantitative estimate of drug-likeness (QED) is 0.547. The molecule has 40 heavy (non-hydrogen) atoms. The molecule has 1 unspecified atom stereocenters. The normalized spacial score (nSPS) is 25.6. The number of amides is 3. The molecule has 0 radical (unpaired) electrons. The van der Waals surface area contributed by atoms with E-state index < -0.39 is 18.0 Å². The monoisotopic (exact) mass is 552 g/mol. The molecule has 0 spiro atoms. The number of piperidine rings is 3. The first-order valence-electron chi connectivity index (χ1n) is 14.8. The van der Waals surface area contributed by atoms with Crippen LogP contribution in [0.1, 0.15) is 57.4 Å². The number of nitrogens with one attached hydrogen (secondary N) is 1. The highest BCUT2D eigenvalue weighted by molar-refractivity contribution is 6.00. The first kappa shape index (κ1) is 26.9. The van der Waals surface area contributed by atoms with E-state index in [4.69, 9.17) is 0 Å². The van der Waals surface area contributed by atoms with Gasteiger partial charge in [0.05, 0.1) is 11.0 Å². The summed E-state index contributed by atoms with van der Waals surface area (Å²) in [5.41, 5.74) is 2.39. The van der Waals surface area contributed by atoms with E-state index in [9.17, 15) is 24.3 Å². The highest BCUT2D eigenvalue weighted by Gasteiger charge is 2.34. The number of rotatable bonds is 5. The summed E-state index contributed by atoms with van der Waals surface area (Å²) in [4.78, 5) is 54.9. The molecule has 4 aliphatic rings. The van der Waals surface area contributed by atoms with E-state index in [2.05, 4.69) is 27.2 Å².